The van der Waals surface area contributed by atoms with Gasteiger partial charge in [-0.05, 0) is 18.9 Å². The van der Waals surface area contributed by atoms with E-state index in [0.717, 1.165) is 6.42 Å². The van der Waals surface area contributed by atoms with Crippen LogP contribution in [-0.4, -0.2) is 42.9 Å². The zero-order valence-electron chi connectivity index (χ0n) is 10.2. The van der Waals surface area contributed by atoms with E-state index in [1.54, 1.807) is 0 Å². The van der Waals surface area contributed by atoms with Crippen LogP contribution in [-0.2, 0) is 4.79 Å². The van der Waals surface area contributed by atoms with E-state index in [2.05, 4.69) is 10.6 Å². The van der Waals surface area contributed by atoms with E-state index in [4.69, 9.17) is 5.11 Å². The van der Waals surface area contributed by atoms with Crippen molar-refractivity contribution in [3.05, 3.63) is 0 Å². The number of halogens is 2. The summed E-state index contributed by atoms with van der Waals surface area (Å²) < 4.78 is 13.9. The number of rotatable bonds is 6. The van der Waals surface area contributed by atoms with E-state index in [-0.39, 0.29) is 37.9 Å². The first kappa shape index (κ1) is 16.6. The number of nitrogens with one attached hydrogen (secondary N) is 2. The largest absolute Gasteiger partial charge is 0.396 e. The molecular weight excluding hydrogens is 247 g/mol. The second kappa shape index (κ2) is 7.84. The number of aliphatic hydroxyl groups is 1. The maximum atomic E-state index is 13.9. The lowest BCUT2D eigenvalue weighted by molar-refractivity contribution is -0.131. The van der Waals surface area contributed by atoms with E-state index in [1.165, 1.54) is 0 Å². The quantitative estimate of drug-likeness (QED) is 0.662. The minimum atomic E-state index is -1.74. The molecule has 1 aliphatic rings. The van der Waals surface area contributed by atoms with E-state index in [0.29, 0.717) is 19.5 Å². The molecule has 1 amide bonds. The molecule has 1 aliphatic heterocycles. The van der Waals surface area contributed by atoms with Crippen LogP contribution in [0.3, 0.4) is 0 Å². The van der Waals surface area contributed by atoms with Gasteiger partial charge in [0.1, 0.15) is 0 Å². The molecule has 3 N–H and O–H groups in total. The van der Waals surface area contributed by atoms with Gasteiger partial charge < -0.3 is 15.7 Å². The maximum absolute atomic E-state index is 13.9. The molecule has 0 aromatic carbocycles. The number of carbonyl (C=O) groups is 1. The summed E-state index contributed by atoms with van der Waals surface area (Å²) in [6, 6.07) is 0. The Morgan fingerprint density at radius 2 is 2.35 bits per heavy atom. The van der Waals surface area contributed by atoms with Crippen molar-refractivity contribution in [1.29, 1.82) is 0 Å². The Morgan fingerprint density at radius 3 is 2.82 bits per heavy atom. The SMILES string of the molecule is CCC(CCO)CNC(=O)C1(F)CCNC1.Cl. The van der Waals surface area contributed by atoms with Crippen LogP contribution in [0.4, 0.5) is 4.39 Å². The first-order valence-corrected chi connectivity index (χ1v) is 5.91. The summed E-state index contributed by atoms with van der Waals surface area (Å²) in [4.78, 5) is 11.6. The van der Waals surface area contributed by atoms with Gasteiger partial charge in [0.15, 0.2) is 0 Å². The van der Waals surface area contributed by atoms with Gasteiger partial charge in [0, 0.05) is 26.1 Å². The predicted molar refractivity (Wildman–Crippen MR) is 67.1 cm³/mol. The van der Waals surface area contributed by atoms with Gasteiger partial charge in [-0.3, -0.25) is 4.79 Å². The van der Waals surface area contributed by atoms with Gasteiger partial charge in [0.2, 0.25) is 5.67 Å². The zero-order valence-corrected chi connectivity index (χ0v) is 11.0. The van der Waals surface area contributed by atoms with E-state index in [9.17, 15) is 9.18 Å². The molecule has 1 fully saturated rings. The summed E-state index contributed by atoms with van der Waals surface area (Å²) in [6.07, 6.45) is 1.77. The fourth-order valence-electron chi connectivity index (χ4n) is 1.88. The Morgan fingerprint density at radius 1 is 1.65 bits per heavy atom. The Kier molecular flexibility index (Phi) is 7.66. The average molecular weight is 269 g/mol. The van der Waals surface area contributed by atoms with E-state index >= 15 is 0 Å². The van der Waals surface area contributed by atoms with Crippen molar-refractivity contribution in [3.63, 3.8) is 0 Å². The molecule has 1 saturated heterocycles. The van der Waals surface area contributed by atoms with Crippen LogP contribution in [0.15, 0.2) is 0 Å². The highest BCUT2D eigenvalue weighted by Crippen LogP contribution is 2.20. The Hall–Kier alpha value is -0.390. The smallest absolute Gasteiger partial charge is 0.259 e. The summed E-state index contributed by atoms with van der Waals surface area (Å²) in [5.41, 5.74) is -1.74. The minimum Gasteiger partial charge on any atom is -0.396 e. The van der Waals surface area contributed by atoms with E-state index < -0.39 is 11.6 Å². The fourth-order valence-corrected chi connectivity index (χ4v) is 1.88. The van der Waals surface area contributed by atoms with Gasteiger partial charge in [0.25, 0.3) is 5.91 Å². The second-order valence-electron chi connectivity index (χ2n) is 4.39. The predicted octanol–water partition coefficient (Wildman–Crippen LogP) is 0.635. The normalized spacial score (nSPS) is 25.1. The van der Waals surface area contributed by atoms with Gasteiger partial charge in [-0.15, -0.1) is 12.4 Å². The molecule has 17 heavy (non-hydrogen) atoms. The van der Waals surface area contributed by atoms with Crippen molar-refractivity contribution < 1.29 is 14.3 Å². The highest BCUT2D eigenvalue weighted by Gasteiger charge is 2.41. The van der Waals surface area contributed by atoms with Crippen LogP contribution >= 0.6 is 12.4 Å². The van der Waals surface area contributed by atoms with Crippen LogP contribution in [0.1, 0.15) is 26.2 Å². The fraction of sp³-hybridized carbons (Fsp3) is 0.909. The summed E-state index contributed by atoms with van der Waals surface area (Å²) in [5.74, 6) is -0.291. The number of hydrogen-bond donors (Lipinski definition) is 3. The van der Waals surface area contributed by atoms with E-state index in [1.807, 2.05) is 6.92 Å². The molecule has 2 atom stereocenters. The van der Waals surface area contributed by atoms with Crippen molar-refractivity contribution >= 4 is 18.3 Å². The molecule has 0 aromatic rings. The Bertz CT molecular complexity index is 236. The summed E-state index contributed by atoms with van der Waals surface area (Å²) in [6.45, 7) is 3.21. The van der Waals surface area contributed by atoms with Crippen LogP contribution in [0.5, 0.6) is 0 Å². The van der Waals surface area contributed by atoms with Gasteiger partial charge in [-0.1, -0.05) is 13.3 Å². The number of carbonyl (C=O) groups excluding carboxylic acids is 1. The van der Waals surface area contributed by atoms with Gasteiger partial charge >= 0.3 is 0 Å². The molecule has 6 heteroatoms. The molecule has 0 aromatic heterocycles. The molecule has 2 unspecified atom stereocenters. The topological polar surface area (TPSA) is 61.4 Å². The molecule has 4 nitrogen and oxygen atoms in total. The van der Waals surface area contributed by atoms with Crippen LogP contribution in [0.2, 0.25) is 0 Å². The van der Waals surface area contributed by atoms with Gasteiger partial charge in [-0.25, -0.2) is 4.39 Å². The highest BCUT2D eigenvalue weighted by molar-refractivity contribution is 5.86. The maximum Gasteiger partial charge on any atom is 0.259 e. The Balaban J connectivity index is 0.00000256. The highest BCUT2D eigenvalue weighted by atomic mass is 35.5. The van der Waals surface area contributed by atoms with Crippen molar-refractivity contribution in [2.24, 2.45) is 5.92 Å². The monoisotopic (exact) mass is 268 g/mol. The average Bonchev–Trinajstić information content (AvgIpc) is 2.72. The molecule has 0 radical (unpaired) electrons. The number of alkyl halides is 1. The standard InChI is InChI=1S/C11H21FN2O2.ClH/c1-2-9(3-6-15)7-14-10(16)11(12)4-5-13-8-11;/h9,13,15H,2-8H2,1H3,(H,14,16);1H. The first-order valence-electron chi connectivity index (χ1n) is 5.91. The van der Waals surface area contributed by atoms with Crippen molar-refractivity contribution in [3.8, 4) is 0 Å². The van der Waals surface area contributed by atoms with Crippen molar-refractivity contribution in [2.45, 2.75) is 31.9 Å². The summed E-state index contributed by atoms with van der Waals surface area (Å²) in [7, 11) is 0. The molecule has 0 aliphatic carbocycles. The summed E-state index contributed by atoms with van der Waals surface area (Å²) in [5, 5.41) is 14.3. The molecule has 0 spiro atoms. The zero-order chi connectivity index (χ0) is 12.0. The lowest BCUT2D eigenvalue weighted by Gasteiger charge is -2.20. The molecule has 0 bridgehead atoms. The molecular formula is C11H22ClFN2O2. The lowest BCUT2D eigenvalue weighted by Crippen LogP contribution is -2.46. The molecule has 102 valence electrons. The summed E-state index contributed by atoms with van der Waals surface area (Å²) >= 11 is 0. The van der Waals surface area contributed by atoms with Crippen LogP contribution < -0.4 is 10.6 Å². The third-order valence-corrected chi connectivity index (χ3v) is 3.18. The minimum absolute atomic E-state index is 0. The van der Waals surface area contributed by atoms with Crippen LogP contribution in [0, 0.1) is 5.92 Å². The third-order valence-electron chi connectivity index (χ3n) is 3.18. The molecule has 1 heterocycles. The molecule has 1 rings (SSSR count). The number of aliphatic hydroxyl groups excluding tert-OH is 1. The van der Waals surface area contributed by atoms with Gasteiger partial charge in [-0.2, -0.15) is 0 Å². The third kappa shape index (κ3) is 4.77. The number of hydrogen-bond acceptors (Lipinski definition) is 3. The second-order valence-corrected chi connectivity index (χ2v) is 4.39. The number of amides is 1. The van der Waals surface area contributed by atoms with Gasteiger partial charge in [0.05, 0.1) is 0 Å². The van der Waals surface area contributed by atoms with Crippen LogP contribution in [0.25, 0.3) is 0 Å². The lowest BCUT2D eigenvalue weighted by atomic mass is 10.0. The van der Waals surface area contributed by atoms with Crippen molar-refractivity contribution in [2.75, 3.05) is 26.2 Å². The Labute approximate surface area is 108 Å². The van der Waals surface area contributed by atoms with Crippen molar-refractivity contribution in [1.82, 2.24) is 10.6 Å². The molecule has 0 saturated carbocycles. The first-order chi connectivity index (χ1) is 7.62.